The van der Waals surface area contributed by atoms with Gasteiger partial charge in [0.15, 0.2) is 6.61 Å². The molecule has 2 aromatic rings. The minimum Gasteiger partial charge on any atom is -0.490 e. The highest BCUT2D eigenvalue weighted by Crippen LogP contribution is 2.28. The number of benzene rings is 2. The van der Waals surface area contributed by atoms with Crippen molar-refractivity contribution in [2.45, 2.75) is 18.9 Å². The summed E-state index contributed by atoms with van der Waals surface area (Å²) in [6.07, 6.45) is 0.593. The molecule has 2 amide bonds. The van der Waals surface area contributed by atoms with Crippen LogP contribution in [0.1, 0.15) is 12.8 Å². The third kappa shape index (κ3) is 6.61. The minimum atomic E-state index is -0.425. The molecule has 2 fully saturated rings. The largest absolute Gasteiger partial charge is 0.490 e. The van der Waals surface area contributed by atoms with Crippen LogP contribution in [0.2, 0.25) is 5.02 Å². The lowest BCUT2D eigenvalue weighted by molar-refractivity contribution is -0.142. The molecule has 182 valence electrons. The van der Waals surface area contributed by atoms with E-state index in [1.807, 2.05) is 12.1 Å². The van der Waals surface area contributed by atoms with Crippen molar-refractivity contribution in [3.05, 3.63) is 59.4 Å². The normalized spacial score (nSPS) is 20.6. The summed E-state index contributed by atoms with van der Waals surface area (Å²) in [5, 5.41) is 0.570. The summed E-state index contributed by atoms with van der Waals surface area (Å²) < 4.78 is 30.4. The monoisotopic (exact) mass is 490 g/mol. The molecule has 0 radical (unpaired) electrons. The number of likely N-dealkylation sites (tertiary alicyclic amines) is 1. The maximum absolute atomic E-state index is 13.4. The molecule has 2 atom stereocenters. The zero-order chi connectivity index (χ0) is 23.9. The smallest absolute Gasteiger partial charge is 0.260 e. The van der Waals surface area contributed by atoms with E-state index in [1.165, 1.54) is 18.2 Å². The molecule has 4 rings (SSSR count). The van der Waals surface area contributed by atoms with E-state index in [4.69, 9.17) is 25.8 Å². The molecular weight excluding hydrogens is 463 g/mol. The van der Waals surface area contributed by atoms with Crippen molar-refractivity contribution in [1.29, 1.82) is 0 Å². The van der Waals surface area contributed by atoms with Gasteiger partial charge in [-0.25, -0.2) is 4.39 Å². The Bertz CT molecular complexity index is 1000. The van der Waals surface area contributed by atoms with Gasteiger partial charge in [-0.15, -0.1) is 0 Å². The van der Waals surface area contributed by atoms with Crippen molar-refractivity contribution in [3.63, 3.8) is 0 Å². The van der Waals surface area contributed by atoms with E-state index in [9.17, 15) is 14.0 Å². The van der Waals surface area contributed by atoms with Crippen molar-refractivity contribution in [2.24, 2.45) is 5.92 Å². The molecule has 0 unspecified atom stereocenters. The lowest BCUT2D eigenvalue weighted by atomic mass is 9.90. The number of nitrogens with zero attached hydrogens (tertiary/aromatic N) is 2. The fourth-order valence-corrected chi connectivity index (χ4v) is 4.44. The third-order valence-electron chi connectivity index (χ3n) is 6.06. The zero-order valence-electron chi connectivity index (χ0n) is 18.8. The van der Waals surface area contributed by atoms with Crippen LogP contribution in [-0.4, -0.2) is 73.7 Å². The van der Waals surface area contributed by atoms with Gasteiger partial charge in [0.1, 0.15) is 23.4 Å². The molecule has 34 heavy (non-hydrogen) atoms. The van der Waals surface area contributed by atoms with E-state index in [1.54, 1.807) is 28.0 Å². The summed E-state index contributed by atoms with van der Waals surface area (Å²) >= 11 is 6.10. The van der Waals surface area contributed by atoms with Crippen LogP contribution in [0.5, 0.6) is 11.5 Å². The molecule has 2 aliphatic rings. The first kappa shape index (κ1) is 24.3. The summed E-state index contributed by atoms with van der Waals surface area (Å²) in [5.41, 5.74) is 0. The first-order chi connectivity index (χ1) is 16.5. The van der Waals surface area contributed by atoms with Gasteiger partial charge in [-0.05, 0) is 30.3 Å². The van der Waals surface area contributed by atoms with Crippen LogP contribution in [0.25, 0.3) is 0 Å². The number of amides is 2. The topological polar surface area (TPSA) is 68.3 Å². The quantitative estimate of drug-likeness (QED) is 0.595. The van der Waals surface area contributed by atoms with Gasteiger partial charge in [-0.1, -0.05) is 23.7 Å². The van der Waals surface area contributed by atoms with Crippen molar-refractivity contribution in [3.8, 4) is 11.5 Å². The summed E-state index contributed by atoms with van der Waals surface area (Å²) in [7, 11) is 0. The Morgan fingerprint density at radius 1 is 1.00 bits per heavy atom. The molecule has 2 saturated heterocycles. The predicted molar refractivity (Wildman–Crippen MR) is 124 cm³/mol. The predicted octanol–water partition coefficient (Wildman–Crippen LogP) is 3.40. The van der Waals surface area contributed by atoms with E-state index >= 15 is 0 Å². The third-order valence-corrected chi connectivity index (χ3v) is 6.29. The molecule has 0 aliphatic carbocycles. The highest BCUT2D eigenvalue weighted by atomic mass is 35.5. The second kappa shape index (κ2) is 11.5. The number of carbonyl (C=O) groups is 2. The Morgan fingerprint density at radius 2 is 1.76 bits per heavy atom. The van der Waals surface area contributed by atoms with Gasteiger partial charge in [0.05, 0.1) is 13.2 Å². The van der Waals surface area contributed by atoms with Crippen LogP contribution in [0.15, 0.2) is 48.5 Å². The lowest BCUT2D eigenvalue weighted by Crippen LogP contribution is -2.51. The number of halogens is 2. The van der Waals surface area contributed by atoms with Gasteiger partial charge < -0.3 is 24.0 Å². The molecule has 0 aromatic heterocycles. The summed E-state index contributed by atoms with van der Waals surface area (Å²) in [6, 6.07) is 12.8. The van der Waals surface area contributed by atoms with E-state index in [0.29, 0.717) is 62.3 Å². The fourth-order valence-electron chi connectivity index (χ4n) is 4.26. The van der Waals surface area contributed by atoms with Crippen LogP contribution in [0, 0.1) is 11.7 Å². The Hall–Kier alpha value is -2.84. The van der Waals surface area contributed by atoms with Crippen LogP contribution >= 0.6 is 11.6 Å². The number of ether oxygens (including phenoxy) is 3. The first-order valence-corrected chi connectivity index (χ1v) is 11.8. The number of rotatable bonds is 7. The average molecular weight is 491 g/mol. The number of morpholine rings is 1. The van der Waals surface area contributed by atoms with Gasteiger partial charge in [0.2, 0.25) is 5.91 Å². The average Bonchev–Trinajstić information content (AvgIpc) is 2.84. The second-order valence-corrected chi connectivity index (χ2v) is 8.88. The van der Waals surface area contributed by atoms with Crippen LogP contribution in [0.4, 0.5) is 4.39 Å². The van der Waals surface area contributed by atoms with Gasteiger partial charge >= 0.3 is 0 Å². The van der Waals surface area contributed by atoms with Gasteiger partial charge in [-0.2, -0.15) is 0 Å². The zero-order valence-corrected chi connectivity index (χ0v) is 19.6. The number of hydrogen-bond donors (Lipinski definition) is 0. The molecule has 2 aliphatic heterocycles. The Morgan fingerprint density at radius 3 is 2.53 bits per heavy atom. The Kier molecular flexibility index (Phi) is 8.24. The standard InChI is InChI=1S/C25H28ClFN2O5/c26-19-3-1-6-22(14-19)34-23-7-8-29(25(31)17-33-21-5-2-4-20(27)15-21)16-18(23)13-24(30)28-9-11-32-12-10-28/h1-6,14-15,18,23H,7-13,16-17H2/t18-,23-/m0/s1. The summed E-state index contributed by atoms with van der Waals surface area (Å²) in [4.78, 5) is 29.3. The lowest BCUT2D eigenvalue weighted by Gasteiger charge is -2.39. The second-order valence-electron chi connectivity index (χ2n) is 8.45. The fraction of sp³-hybridized carbons (Fsp3) is 0.440. The molecule has 0 bridgehead atoms. The first-order valence-electron chi connectivity index (χ1n) is 11.4. The SMILES string of the molecule is O=C(C[C@H]1CN(C(=O)COc2cccc(F)c2)CC[C@@H]1Oc1cccc(Cl)c1)N1CCOCC1. The number of piperidine rings is 1. The van der Waals surface area contributed by atoms with Crippen molar-refractivity contribution in [2.75, 3.05) is 46.0 Å². The number of hydrogen-bond acceptors (Lipinski definition) is 5. The molecule has 2 aromatic carbocycles. The Labute approximate surface area is 203 Å². The van der Waals surface area contributed by atoms with E-state index in [-0.39, 0.29) is 36.9 Å². The van der Waals surface area contributed by atoms with Crippen molar-refractivity contribution in [1.82, 2.24) is 9.80 Å². The van der Waals surface area contributed by atoms with Gasteiger partial charge in [0.25, 0.3) is 5.91 Å². The summed E-state index contributed by atoms with van der Waals surface area (Å²) in [6.45, 7) is 2.83. The molecular formula is C25H28ClFN2O5. The maximum atomic E-state index is 13.4. The summed E-state index contributed by atoms with van der Waals surface area (Å²) in [5.74, 6) is 0.126. The van der Waals surface area contributed by atoms with E-state index < -0.39 is 5.82 Å². The molecule has 0 spiro atoms. The van der Waals surface area contributed by atoms with Crippen molar-refractivity contribution >= 4 is 23.4 Å². The minimum absolute atomic E-state index is 0.0262. The van der Waals surface area contributed by atoms with Crippen LogP contribution < -0.4 is 9.47 Å². The van der Waals surface area contributed by atoms with Gasteiger partial charge in [-0.3, -0.25) is 9.59 Å². The molecule has 7 nitrogen and oxygen atoms in total. The van der Waals surface area contributed by atoms with Gasteiger partial charge in [0, 0.05) is 56.0 Å². The molecule has 9 heteroatoms. The maximum Gasteiger partial charge on any atom is 0.260 e. The van der Waals surface area contributed by atoms with Crippen LogP contribution in [-0.2, 0) is 14.3 Å². The van der Waals surface area contributed by atoms with Crippen LogP contribution in [0.3, 0.4) is 0 Å². The molecule has 0 saturated carbocycles. The van der Waals surface area contributed by atoms with E-state index in [2.05, 4.69) is 0 Å². The van der Waals surface area contributed by atoms with Crippen molar-refractivity contribution < 1.29 is 28.2 Å². The highest BCUT2D eigenvalue weighted by molar-refractivity contribution is 6.30. The Balaban J connectivity index is 1.41. The highest BCUT2D eigenvalue weighted by Gasteiger charge is 2.35. The molecule has 2 heterocycles. The number of carbonyl (C=O) groups excluding carboxylic acids is 2. The van der Waals surface area contributed by atoms with E-state index in [0.717, 1.165) is 0 Å². The molecule has 0 N–H and O–H groups in total.